The number of ether oxygens (including phenoxy) is 1. The Balaban J connectivity index is 1.41. The summed E-state index contributed by atoms with van der Waals surface area (Å²) >= 11 is 0. The molecule has 1 amide bonds. The van der Waals surface area contributed by atoms with Crippen molar-refractivity contribution >= 4 is 11.9 Å². The van der Waals surface area contributed by atoms with Gasteiger partial charge in [0, 0.05) is 51.2 Å². The van der Waals surface area contributed by atoms with E-state index in [0.717, 1.165) is 64.5 Å². The summed E-state index contributed by atoms with van der Waals surface area (Å²) in [6.45, 7) is 4.15. The average molecular weight is 304 g/mol. The molecule has 2 aliphatic rings. The molecule has 2 saturated heterocycles. The van der Waals surface area contributed by atoms with Crippen molar-refractivity contribution in [3.63, 3.8) is 0 Å². The van der Waals surface area contributed by atoms with E-state index in [9.17, 15) is 4.79 Å². The van der Waals surface area contributed by atoms with E-state index in [4.69, 9.17) is 4.74 Å². The Hall–Kier alpha value is -1.69. The van der Waals surface area contributed by atoms with Gasteiger partial charge in [0.2, 0.25) is 11.9 Å². The van der Waals surface area contributed by atoms with Gasteiger partial charge >= 0.3 is 0 Å². The molecule has 0 spiro atoms. The van der Waals surface area contributed by atoms with Gasteiger partial charge in [-0.15, -0.1) is 0 Å². The fourth-order valence-electron chi connectivity index (χ4n) is 3.14. The molecule has 2 fully saturated rings. The first kappa shape index (κ1) is 15.2. The summed E-state index contributed by atoms with van der Waals surface area (Å²) in [5, 5.41) is 3.13. The van der Waals surface area contributed by atoms with Crippen molar-refractivity contribution in [1.29, 1.82) is 0 Å². The standard InChI is InChI=1S/C16H24N4O2/c21-15(19-12-13-4-10-22-11-5-13)14-2-8-20(9-3-14)16-17-6-1-7-18-16/h1,6-7,13-14H,2-5,8-12H2,(H,19,21). The summed E-state index contributed by atoms with van der Waals surface area (Å²) < 4.78 is 5.35. The highest BCUT2D eigenvalue weighted by Crippen LogP contribution is 2.21. The van der Waals surface area contributed by atoms with Gasteiger partial charge in [0.05, 0.1) is 0 Å². The fourth-order valence-corrected chi connectivity index (χ4v) is 3.14. The summed E-state index contributed by atoms with van der Waals surface area (Å²) in [5.41, 5.74) is 0. The second-order valence-corrected chi connectivity index (χ2v) is 6.11. The number of hydrogen-bond donors (Lipinski definition) is 1. The molecule has 0 unspecified atom stereocenters. The van der Waals surface area contributed by atoms with E-state index >= 15 is 0 Å². The van der Waals surface area contributed by atoms with Crippen LogP contribution in [0.4, 0.5) is 5.95 Å². The van der Waals surface area contributed by atoms with Crippen molar-refractivity contribution in [2.45, 2.75) is 25.7 Å². The zero-order valence-electron chi connectivity index (χ0n) is 12.9. The minimum atomic E-state index is 0.125. The highest BCUT2D eigenvalue weighted by atomic mass is 16.5. The van der Waals surface area contributed by atoms with Crippen LogP contribution in [0.1, 0.15) is 25.7 Å². The number of carbonyl (C=O) groups excluding carboxylic acids is 1. The Bertz CT molecular complexity index is 468. The number of nitrogens with zero attached hydrogens (tertiary/aromatic N) is 3. The smallest absolute Gasteiger partial charge is 0.225 e. The Morgan fingerprint density at radius 1 is 1.18 bits per heavy atom. The maximum Gasteiger partial charge on any atom is 0.225 e. The molecule has 1 aromatic rings. The predicted octanol–water partition coefficient (Wildman–Crippen LogP) is 1.24. The van der Waals surface area contributed by atoms with Crippen LogP contribution in [0, 0.1) is 11.8 Å². The molecule has 1 N–H and O–H groups in total. The molecular formula is C16H24N4O2. The molecule has 0 atom stereocenters. The highest BCUT2D eigenvalue weighted by Gasteiger charge is 2.26. The third-order valence-corrected chi connectivity index (χ3v) is 4.61. The molecule has 1 aromatic heterocycles. The van der Waals surface area contributed by atoms with Crippen LogP contribution in [0.2, 0.25) is 0 Å². The van der Waals surface area contributed by atoms with E-state index < -0.39 is 0 Å². The van der Waals surface area contributed by atoms with Crippen molar-refractivity contribution in [3.8, 4) is 0 Å². The minimum Gasteiger partial charge on any atom is -0.381 e. The number of amides is 1. The van der Waals surface area contributed by atoms with Crippen molar-refractivity contribution in [2.75, 3.05) is 37.7 Å². The molecule has 22 heavy (non-hydrogen) atoms. The van der Waals surface area contributed by atoms with Crippen molar-refractivity contribution in [3.05, 3.63) is 18.5 Å². The Morgan fingerprint density at radius 3 is 2.55 bits per heavy atom. The largest absolute Gasteiger partial charge is 0.381 e. The lowest BCUT2D eigenvalue weighted by atomic mass is 9.95. The quantitative estimate of drug-likeness (QED) is 0.906. The lowest BCUT2D eigenvalue weighted by Crippen LogP contribution is -2.42. The molecule has 120 valence electrons. The number of hydrogen-bond acceptors (Lipinski definition) is 5. The zero-order valence-corrected chi connectivity index (χ0v) is 12.9. The van der Waals surface area contributed by atoms with E-state index in [-0.39, 0.29) is 11.8 Å². The van der Waals surface area contributed by atoms with Crippen LogP contribution in [-0.2, 0) is 9.53 Å². The van der Waals surface area contributed by atoms with Gasteiger partial charge in [-0.2, -0.15) is 0 Å². The minimum absolute atomic E-state index is 0.125. The summed E-state index contributed by atoms with van der Waals surface area (Å²) in [4.78, 5) is 23.0. The topological polar surface area (TPSA) is 67.3 Å². The number of aromatic nitrogens is 2. The summed E-state index contributed by atoms with van der Waals surface area (Å²) in [5.74, 6) is 1.68. The first-order valence-electron chi connectivity index (χ1n) is 8.20. The second kappa shape index (κ2) is 7.54. The van der Waals surface area contributed by atoms with Crippen LogP contribution < -0.4 is 10.2 Å². The molecule has 3 heterocycles. The van der Waals surface area contributed by atoms with Gasteiger partial charge in [0.1, 0.15) is 0 Å². The average Bonchev–Trinajstić information content (AvgIpc) is 2.61. The van der Waals surface area contributed by atoms with Crippen LogP contribution in [0.5, 0.6) is 0 Å². The van der Waals surface area contributed by atoms with Gasteiger partial charge in [-0.05, 0) is 37.7 Å². The third-order valence-electron chi connectivity index (χ3n) is 4.61. The molecule has 0 aliphatic carbocycles. The van der Waals surface area contributed by atoms with Gasteiger partial charge in [0.25, 0.3) is 0 Å². The molecule has 0 aromatic carbocycles. The summed E-state index contributed by atoms with van der Waals surface area (Å²) in [7, 11) is 0. The van der Waals surface area contributed by atoms with Gasteiger partial charge in [0.15, 0.2) is 0 Å². The van der Waals surface area contributed by atoms with Crippen LogP contribution in [-0.4, -0.2) is 48.7 Å². The van der Waals surface area contributed by atoms with Gasteiger partial charge in [-0.25, -0.2) is 9.97 Å². The molecule has 3 rings (SSSR count). The van der Waals surface area contributed by atoms with Crippen LogP contribution in [0.3, 0.4) is 0 Å². The number of anilines is 1. The van der Waals surface area contributed by atoms with E-state index in [2.05, 4.69) is 20.2 Å². The Morgan fingerprint density at radius 2 is 1.86 bits per heavy atom. The van der Waals surface area contributed by atoms with Crippen molar-refractivity contribution in [1.82, 2.24) is 15.3 Å². The molecule has 6 nitrogen and oxygen atoms in total. The molecule has 0 bridgehead atoms. The molecular weight excluding hydrogens is 280 g/mol. The predicted molar refractivity (Wildman–Crippen MR) is 83.5 cm³/mol. The summed E-state index contributed by atoms with van der Waals surface area (Å²) in [6, 6.07) is 1.82. The van der Waals surface area contributed by atoms with E-state index in [1.807, 2.05) is 6.07 Å². The van der Waals surface area contributed by atoms with Crippen molar-refractivity contribution < 1.29 is 9.53 Å². The van der Waals surface area contributed by atoms with Crippen LogP contribution in [0.15, 0.2) is 18.5 Å². The Labute approximate surface area is 131 Å². The molecule has 6 heteroatoms. The van der Waals surface area contributed by atoms with Gasteiger partial charge in [-0.3, -0.25) is 4.79 Å². The second-order valence-electron chi connectivity index (χ2n) is 6.11. The lowest BCUT2D eigenvalue weighted by Gasteiger charge is -2.31. The Kier molecular flexibility index (Phi) is 5.21. The molecule has 0 saturated carbocycles. The molecule has 2 aliphatic heterocycles. The van der Waals surface area contributed by atoms with Gasteiger partial charge in [-0.1, -0.05) is 0 Å². The van der Waals surface area contributed by atoms with Crippen molar-refractivity contribution in [2.24, 2.45) is 11.8 Å². The van der Waals surface area contributed by atoms with E-state index in [1.165, 1.54) is 0 Å². The number of nitrogens with one attached hydrogen (secondary N) is 1. The normalized spacial score (nSPS) is 20.8. The fraction of sp³-hybridized carbons (Fsp3) is 0.688. The zero-order chi connectivity index (χ0) is 15.2. The number of piperidine rings is 1. The summed E-state index contributed by atoms with van der Waals surface area (Å²) in [6.07, 6.45) is 7.38. The van der Waals surface area contributed by atoms with Crippen LogP contribution in [0.25, 0.3) is 0 Å². The number of rotatable bonds is 4. The SMILES string of the molecule is O=C(NCC1CCOCC1)C1CCN(c2ncccn2)CC1. The third kappa shape index (κ3) is 3.94. The van der Waals surface area contributed by atoms with E-state index in [1.54, 1.807) is 12.4 Å². The van der Waals surface area contributed by atoms with E-state index in [0.29, 0.717) is 5.92 Å². The lowest BCUT2D eigenvalue weighted by molar-refractivity contribution is -0.125. The van der Waals surface area contributed by atoms with Gasteiger partial charge < -0.3 is 15.0 Å². The maximum absolute atomic E-state index is 12.3. The first-order valence-corrected chi connectivity index (χ1v) is 8.20. The maximum atomic E-state index is 12.3. The molecule has 0 radical (unpaired) electrons. The highest BCUT2D eigenvalue weighted by molar-refractivity contribution is 5.78. The van der Waals surface area contributed by atoms with Crippen LogP contribution >= 0.6 is 0 Å². The number of carbonyl (C=O) groups is 1. The first-order chi connectivity index (χ1) is 10.8. The monoisotopic (exact) mass is 304 g/mol.